The molecule has 0 bridgehead atoms. The highest BCUT2D eigenvalue weighted by Gasteiger charge is 2.18. The van der Waals surface area contributed by atoms with E-state index in [2.05, 4.69) is 42.1 Å². The van der Waals surface area contributed by atoms with Gasteiger partial charge < -0.3 is 5.73 Å². The largest absolute Gasteiger partial charge is 0.327 e. The van der Waals surface area contributed by atoms with Crippen LogP contribution in [-0.2, 0) is 5.75 Å². The molecule has 0 radical (unpaired) electrons. The molecule has 1 aliphatic carbocycles. The van der Waals surface area contributed by atoms with E-state index in [1.54, 1.807) is 0 Å². The molecule has 0 aliphatic heterocycles. The Morgan fingerprint density at radius 3 is 2.05 bits per heavy atom. The van der Waals surface area contributed by atoms with Crippen LogP contribution in [-0.4, -0.2) is 11.3 Å². The van der Waals surface area contributed by atoms with Gasteiger partial charge in [0.15, 0.2) is 0 Å². The first-order valence-corrected chi connectivity index (χ1v) is 9.82. The van der Waals surface area contributed by atoms with Crippen molar-refractivity contribution >= 4 is 11.8 Å². The zero-order valence-corrected chi connectivity index (χ0v) is 14.1. The topological polar surface area (TPSA) is 26.0 Å². The number of hydrogen-bond acceptors (Lipinski definition) is 2. The Hall–Kier alpha value is -0.470. The summed E-state index contributed by atoms with van der Waals surface area (Å²) in [6.07, 6.45) is 13.7. The van der Waals surface area contributed by atoms with Gasteiger partial charge >= 0.3 is 0 Å². The first kappa shape index (κ1) is 16.9. The average molecular weight is 306 g/mol. The van der Waals surface area contributed by atoms with Crippen LogP contribution < -0.4 is 5.73 Å². The Balaban J connectivity index is 1.82. The molecule has 1 aliphatic rings. The fourth-order valence-electron chi connectivity index (χ4n) is 3.17. The molecule has 0 amide bonds. The quantitative estimate of drug-likeness (QED) is 0.794. The summed E-state index contributed by atoms with van der Waals surface area (Å²) in [4.78, 5) is 0. The van der Waals surface area contributed by atoms with Gasteiger partial charge in [0.1, 0.15) is 0 Å². The van der Waals surface area contributed by atoms with Crippen molar-refractivity contribution in [2.45, 2.75) is 81.3 Å². The monoisotopic (exact) mass is 305 g/mol. The van der Waals surface area contributed by atoms with Gasteiger partial charge in [0.05, 0.1) is 0 Å². The highest BCUT2D eigenvalue weighted by molar-refractivity contribution is 7.99. The molecular formula is C19H31NS. The first-order valence-electron chi connectivity index (χ1n) is 8.77. The fraction of sp³-hybridized carbons (Fsp3) is 0.684. The average Bonchev–Trinajstić information content (AvgIpc) is 2.51. The van der Waals surface area contributed by atoms with Crippen molar-refractivity contribution in [2.24, 2.45) is 5.73 Å². The lowest BCUT2D eigenvalue weighted by molar-refractivity contribution is 0.473. The van der Waals surface area contributed by atoms with Crippen LogP contribution in [0.4, 0.5) is 0 Å². The maximum atomic E-state index is 6.50. The molecule has 0 spiro atoms. The van der Waals surface area contributed by atoms with Gasteiger partial charge in [-0.2, -0.15) is 11.8 Å². The Morgan fingerprint density at radius 1 is 0.810 bits per heavy atom. The molecule has 1 nitrogen and oxygen atoms in total. The van der Waals surface area contributed by atoms with Crippen molar-refractivity contribution in [3.8, 4) is 0 Å². The molecule has 1 saturated carbocycles. The Kier molecular flexibility index (Phi) is 8.28. The lowest BCUT2D eigenvalue weighted by Crippen LogP contribution is -2.32. The van der Waals surface area contributed by atoms with E-state index in [1.165, 1.54) is 69.8 Å². The normalized spacial score (nSPS) is 25.8. The minimum absolute atomic E-state index is 0.387. The summed E-state index contributed by atoms with van der Waals surface area (Å²) < 4.78 is 0. The van der Waals surface area contributed by atoms with Crippen LogP contribution in [0, 0.1) is 0 Å². The van der Waals surface area contributed by atoms with E-state index in [0.717, 1.165) is 5.75 Å². The van der Waals surface area contributed by atoms with E-state index in [1.807, 2.05) is 0 Å². The minimum atomic E-state index is 0.387. The summed E-state index contributed by atoms with van der Waals surface area (Å²) >= 11 is 2.08. The zero-order valence-electron chi connectivity index (χ0n) is 13.3. The summed E-state index contributed by atoms with van der Waals surface area (Å²) in [5.41, 5.74) is 7.93. The highest BCUT2D eigenvalue weighted by atomic mass is 32.2. The van der Waals surface area contributed by atoms with Gasteiger partial charge in [-0.3, -0.25) is 0 Å². The van der Waals surface area contributed by atoms with Crippen molar-refractivity contribution in [1.82, 2.24) is 0 Å². The van der Waals surface area contributed by atoms with Crippen molar-refractivity contribution in [3.63, 3.8) is 0 Å². The predicted octanol–water partition coefficient (Wildman–Crippen LogP) is 5.53. The molecule has 1 aromatic rings. The van der Waals surface area contributed by atoms with Crippen LogP contribution >= 0.6 is 11.8 Å². The van der Waals surface area contributed by atoms with E-state index < -0.39 is 0 Å². The fourth-order valence-corrected chi connectivity index (χ4v) is 4.49. The van der Waals surface area contributed by atoms with E-state index in [0.29, 0.717) is 11.3 Å². The summed E-state index contributed by atoms with van der Waals surface area (Å²) in [6, 6.07) is 11.2. The summed E-state index contributed by atoms with van der Waals surface area (Å²) in [5.74, 6) is 1.11. The van der Waals surface area contributed by atoms with Gasteiger partial charge in [0.25, 0.3) is 0 Å². The van der Waals surface area contributed by atoms with E-state index >= 15 is 0 Å². The third kappa shape index (κ3) is 6.88. The molecule has 0 saturated heterocycles. The van der Waals surface area contributed by atoms with Crippen LogP contribution in [0.3, 0.4) is 0 Å². The summed E-state index contributed by atoms with van der Waals surface area (Å²) in [6.45, 7) is 0. The van der Waals surface area contributed by atoms with Crippen LogP contribution in [0.5, 0.6) is 0 Å². The lowest BCUT2D eigenvalue weighted by Gasteiger charge is -2.24. The Labute approximate surface area is 135 Å². The lowest BCUT2D eigenvalue weighted by atomic mass is 9.98. The molecular weight excluding hydrogens is 274 g/mol. The zero-order chi connectivity index (χ0) is 14.8. The number of hydrogen-bond donors (Lipinski definition) is 1. The van der Waals surface area contributed by atoms with Crippen LogP contribution in [0.2, 0.25) is 0 Å². The van der Waals surface area contributed by atoms with Crippen molar-refractivity contribution in [3.05, 3.63) is 35.9 Å². The van der Waals surface area contributed by atoms with E-state index in [4.69, 9.17) is 5.73 Å². The second-order valence-corrected chi connectivity index (χ2v) is 7.63. The maximum Gasteiger partial charge on any atom is 0.0202 e. The smallest absolute Gasteiger partial charge is 0.0202 e. The number of nitrogens with two attached hydrogens (primary N) is 1. The molecule has 2 atom stereocenters. The maximum absolute atomic E-state index is 6.50. The molecule has 118 valence electrons. The standard InChI is InChI=1S/C19H31NS/c20-18-14-10-5-3-1-2-4-6-11-15-19(18)21-16-17-12-8-7-9-13-17/h7-9,12-13,18-19H,1-6,10-11,14-16,20H2. The van der Waals surface area contributed by atoms with E-state index in [9.17, 15) is 0 Å². The van der Waals surface area contributed by atoms with Gasteiger partial charge in [-0.25, -0.2) is 0 Å². The number of rotatable bonds is 3. The molecule has 0 heterocycles. The molecule has 2 heteroatoms. The van der Waals surface area contributed by atoms with Gasteiger partial charge in [0, 0.05) is 17.0 Å². The van der Waals surface area contributed by atoms with Gasteiger partial charge in [-0.1, -0.05) is 81.7 Å². The Morgan fingerprint density at radius 2 is 1.38 bits per heavy atom. The predicted molar refractivity (Wildman–Crippen MR) is 95.7 cm³/mol. The third-order valence-electron chi connectivity index (χ3n) is 4.56. The second-order valence-electron chi connectivity index (χ2n) is 6.40. The molecule has 0 aromatic heterocycles. The summed E-state index contributed by atoms with van der Waals surface area (Å²) in [7, 11) is 0. The molecule has 2 N–H and O–H groups in total. The second kappa shape index (κ2) is 10.3. The Bertz CT molecular complexity index is 365. The van der Waals surface area contributed by atoms with Crippen LogP contribution in [0.25, 0.3) is 0 Å². The molecule has 2 rings (SSSR count). The molecule has 1 fully saturated rings. The van der Waals surface area contributed by atoms with Gasteiger partial charge in [-0.05, 0) is 18.4 Å². The van der Waals surface area contributed by atoms with Crippen LogP contribution in [0.15, 0.2) is 30.3 Å². The molecule has 2 unspecified atom stereocenters. The summed E-state index contributed by atoms with van der Waals surface area (Å²) in [5, 5.41) is 0.643. The minimum Gasteiger partial charge on any atom is -0.327 e. The third-order valence-corrected chi connectivity index (χ3v) is 6.07. The number of benzene rings is 1. The van der Waals surface area contributed by atoms with Gasteiger partial charge in [-0.15, -0.1) is 0 Å². The van der Waals surface area contributed by atoms with Crippen molar-refractivity contribution < 1.29 is 0 Å². The van der Waals surface area contributed by atoms with Crippen molar-refractivity contribution in [1.29, 1.82) is 0 Å². The SMILES string of the molecule is NC1CCCCCCCCCCC1SCc1ccccc1. The van der Waals surface area contributed by atoms with Crippen molar-refractivity contribution in [2.75, 3.05) is 0 Å². The highest BCUT2D eigenvalue weighted by Crippen LogP contribution is 2.27. The first-order chi connectivity index (χ1) is 10.4. The molecule has 1 aromatic carbocycles. The molecule has 21 heavy (non-hydrogen) atoms. The van der Waals surface area contributed by atoms with Gasteiger partial charge in [0.2, 0.25) is 0 Å². The van der Waals surface area contributed by atoms with E-state index in [-0.39, 0.29) is 0 Å². The van der Waals surface area contributed by atoms with Crippen LogP contribution in [0.1, 0.15) is 69.8 Å². The number of thioether (sulfide) groups is 1.